The molecular weight excluding hydrogens is 191 g/mol. The Bertz CT molecular complexity index is 338. The number of hydrogen-bond donors (Lipinski definition) is 1. The minimum Gasteiger partial charge on any atom is -0.371 e. The lowest BCUT2D eigenvalue weighted by Crippen LogP contribution is -2.24. The summed E-state index contributed by atoms with van der Waals surface area (Å²) in [4.78, 5) is 2.27. The Labute approximate surface area is 90.1 Å². The van der Waals surface area contributed by atoms with Crippen LogP contribution in [0.5, 0.6) is 0 Å². The Kier molecular flexibility index (Phi) is 3.21. The second kappa shape index (κ2) is 4.62. The van der Waals surface area contributed by atoms with E-state index < -0.39 is 0 Å². The van der Waals surface area contributed by atoms with Crippen molar-refractivity contribution in [3.63, 3.8) is 0 Å². The van der Waals surface area contributed by atoms with Crippen molar-refractivity contribution in [3.8, 4) is 0 Å². The van der Waals surface area contributed by atoms with Crippen molar-refractivity contribution in [1.29, 1.82) is 0 Å². The third-order valence-corrected chi connectivity index (χ3v) is 2.89. The van der Waals surface area contributed by atoms with Gasteiger partial charge in [0.2, 0.25) is 0 Å². The van der Waals surface area contributed by atoms with E-state index in [0.29, 0.717) is 0 Å². The Balaban J connectivity index is 2.03. The molecule has 0 spiro atoms. The molecule has 0 fully saturated rings. The second-order valence-electron chi connectivity index (χ2n) is 3.97. The van der Waals surface area contributed by atoms with Gasteiger partial charge in [0.1, 0.15) is 5.82 Å². The third-order valence-electron chi connectivity index (χ3n) is 2.89. The first-order valence-electron chi connectivity index (χ1n) is 5.49. The highest BCUT2D eigenvalue weighted by atomic mass is 19.1. The number of benzene rings is 1. The monoisotopic (exact) mass is 208 g/mol. The highest BCUT2D eigenvalue weighted by Crippen LogP contribution is 2.28. The van der Waals surface area contributed by atoms with Crippen molar-refractivity contribution in [1.82, 2.24) is 5.32 Å². The van der Waals surface area contributed by atoms with Gasteiger partial charge in [-0.3, -0.25) is 0 Å². The molecule has 1 aliphatic heterocycles. The van der Waals surface area contributed by atoms with Crippen LogP contribution in [0.3, 0.4) is 0 Å². The molecular formula is C12H17FN2. The summed E-state index contributed by atoms with van der Waals surface area (Å²) in [5.41, 5.74) is 2.37. The van der Waals surface area contributed by atoms with E-state index in [1.807, 2.05) is 13.1 Å². The molecule has 0 aliphatic carbocycles. The van der Waals surface area contributed by atoms with Crippen molar-refractivity contribution in [2.45, 2.75) is 12.8 Å². The molecule has 0 saturated carbocycles. The molecule has 0 aromatic heterocycles. The number of nitrogens with one attached hydrogen (secondary N) is 1. The highest BCUT2D eigenvalue weighted by molar-refractivity contribution is 5.58. The van der Waals surface area contributed by atoms with Crippen molar-refractivity contribution in [2.75, 3.05) is 31.6 Å². The van der Waals surface area contributed by atoms with Crippen LogP contribution in [-0.2, 0) is 6.42 Å². The molecule has 0 radical (unpaired) electrons. The molecule has 0 atom stereocenters. The van der Waals surface area contributed by atoms with Gasteiger partial charge in [-0.15, -0.1) is 0 Å². The van der Waals surface area contributed by atoms with Gasteiger partial charge in [0.05, 0.1) is 0 Å². The summed E-state index contributed by atoms with van der Waals surface area (Å²) in [5.74, 6) is -0.130. The van der Waals surface area contributed by atoms with Crippen LogP contribution in [-0.4, -0.2) is 26.7 Å². The van der Waals surface area contributed by atoms with Gasteiger partial charge in [-0.25, -0.2) is 4.39 Å². The largest absolute Gasteiger partial charge is 0.371 e. The number of hydrogen-bond acceptors (Lipinski definition) is 2. The topological polar surface area (TPSA) is 15.3 Å². The zero-order valence-electron chi connectivity index (χ0n) is 9.09. The summed E-state index contributed by atoms with van der Waals surface area (Å²) in [5, 5.41) is 3.13. The summed E-state index contributed by atoms with van der Waals surface area (Å²) in [6.07, 6.45) is 2.15. The Hall–Kier alpha value is -1.09. The maximum absolute atomic E-state index is 13.1. The van der Waals surface area contributed by atoms with Crippen LogP contribution in [0, 0.1) is 5.82 Å². The summed E-state index contributed by atoms with van der Waals surface area (Å²) >= 11 is 0. The van der Waals surface area contributed by atoms with E-state index in [0.717, 1.165) is 38.2 Å². The highest BCUT2D eigenvalue weighted by Gasteiger charge is 2.18. The molecule has 1 aromatic carbocycles. The minimum atomic E-state index is -0.130. The van der Waals surface area contributed by atoms with Crippen LogP contribution in [0.4, 0.5) is 10.1 Å². The summed E-state index contributed by atoms with van der Waals surface area (Å²) in [6.45, 7) is 3.06. The SMILES string of the molecule is CNCCCN1CCc2ccc(F)cc21. The van der Waals surface area contributed by atoms with Gasteiger partial charge in [0.15, 0.2) is 0 Å². The lowest BCUT2D eigenvalue weighted by molar-refractivity contribution is 0.626. The predicted molar refractivity (Wildman–Crippen MR) is 60.9 cm³/mol. The Morgan fingerprint density at radius 3 is 3.13 bits per heavy atom. The van der Waals surface area contributed by atoms with Crippen LogP contribution in [0.2, 0.25) is 0 Å². The lowest BCUT2D eigenvalue weighted by atomic mass is 10.2. The molecule has 3 heteroatoms. The first kappa shape index (κ1) is 10.4. The molecule has 1 heterocycles. The molecule has 82 valence electrons. The van der Waals surface area contributed by atoms with Gasteiger partial charge in [-0.1, -0.05) is 6.07 Å². The van der Waals surface area contributed by atoms with E-state index in [4.69, 9.17) is 0 Å². The van der Waals surface area contributed by atoms with Gasteiger partial charge < -0.3 is 10.2 Å². The van der Waals surface area contributed by atoms with Gasteiger partial charge in [0, 0.05) is 18.8 Å². The van der Waals surface area contributed by atoms with Crippen molar-refractivity contribution in [2.24, 2.45) is 0 Å². The fourth-order valence-electron chi connectivity index (χ4n) is 2.10. The van der Waals surface area contributed by atoms with Gasteiger partial charge >= 0.3 is 0 Å². The van der Waals surface area contributed by atoms with E-state index in [1.54, 1.807) is 12.1 Å². The lowest BCUT2D eigenvalue weighted by Gasteiger charge is -2.19. The van der Waals surface area contributed by atoms with Crippen LogP contribution in [0.25, 0.3) is 0 Å². The van der Waals surface area contributed by atoms with E-state index in [2.05, 4.69) is 10.2 Å². The van der Waals surface area contributed by atoms with E-state index in [9.17, 15) is 4.39 Å². The number of nitrogens with zero attached hydrogens (tertiary/aromatic N) is 1. The number of rotatable bonds is 4. The quantitative estimate of drug-likeness (QED) is 0.759. The molecule has 0 saturated heterocycles. The predicted octanol–water partition coefficient (Wildman–Crippen LogP) is 1.80. The summed E-state index contributed by atoms with van der Waals surface area (Å²) in [7, 11) is 1.96. The van der Waals surface area contributed by atoms with E-state index in [-0.39, 0.29) is 5.82 Å². The molecule has 1 aliphatic rings. The first-order valence-corrected chi connectivity index (χ1v) is 5.49. The molecule has 1 aromatic rings. The second-order valence-corrected chi connectivity index (χ2v) is 3.97. The molecule has 0 amide bonds. The summed E-state index contributed by atoms with van der Waals surface area (Å²) in [6, 6.07) is 5.11. The van der Waals surface area contributed by atoms with Crippen LogP contribution in [0.15, 0.2) is 18.2 Å². The number of halogens is 1. The maximum Gasteiger partial charge on any atom is 0.125 e. The maximum atomic E-state index is 13.1. The smallest absolute Gasteiger partial charge is 0.125 e. The minimum absolute atomic E-state index is 0.130. The average molecular weight is 208 g/mol. The van der Waals surface area contributed by atoms with Gasteiger partial charge in [0.25, 0.3) is 0 Å². The van der Waals surface area contributed by atoms with Crippen LogP contribution in [0.1, 0.15) is 12.0 Å². The van der Waals surface area contributed by atoms with Crippen molar-refractivity contribution in [3.05, 3.63) is 29.6 Å². The van der Waals surface area contributed by atoms with Crippen molar-refractivity contribution < 1.29 is 4.39 Å². The van der Waals surface area contributed by atoms with E-state index in [1.165, 1.54) is 5.56 Å². The number of fused-ring (bicyclic) bond motifs is 1. The average Bonchev–Trinajstić information content (AvgIpc) is 2.62. The zero-order chi connectivity index (χ0) is 10.7. The first-order chi connectivity index (χ1) is 7.31. The van der Waals surface area contributed by atoms with Gasteiger partial charge in [-0.05, 0) is 44.1 Å². The third kappa shape index (κ3) is 2.29. The fraction of sp³-hybridized carbons (Fsp3) is 0.500. The molecule has 15 heavy (non-hydrogen) atoms. The molecule has 0 bridgehead atoms. The molecule has 0 unspecified atom stereocenters. The number of anilines is 1. The molecule has 2 nitrogen and oxygen atoms in total. The Morgan fingerprint density at radius 2 is 2.33 bits per heavy atom. The van der Waals surface area contributed by atoms with E-state index >= 15 is 0 Å². The van der Waals surface area contributed by atoms with Crippen LogP contribution >= 0.6 is 0 Å². The van der Waals surface area contributed by atoms with Gasteiger partial charge in [-0.2, -0.15) is 0 Å². The van der Waals surface area contributed by atoms with Crippen LogP contribution < -0.4 is 10.2 Å². The van der Waals surface area contributed by atoms with Crippen molar-refractivity contribution >= 4 is 5.69 Å². The normalized spacial score (nSPS) is 14.4. The standard InChI is InChI=1S/C12H17FN2/c1-14-6-2-7-15-8-5-10-3-4-11(13)9-12(10)15/h3-4,9,14H,2,5-8H2,1H3. The molecule has 1 N–H and O–H groups in total. The molecule has 2 rings (SSSR count). The zero-order valence-corrected chi connectivity index (χ0v) is 9.09. The fourth-order valence-corrected chi connectivity index (χ4v) is 2.10. The summed E-state index contributed by atoms with van der Waals surface area (Å²) < 4.78 is 13.1. The Morgan fingerprint density at radius 1 is 1.47 bits per heavy atom.